The lowest BCUT2D eigenvalue weighted by Gasteiger charge is -2.02. The summed E-state index contributed by atoms with van der Waals surface area (Å²) >= 11 is -0.265. The first kappa shape index (κ1) is 12.9. The second-order valence-electron chi connectivity index (χ2n) is 2.74. The Bertz CT molecular complexity index is 351. The van der Waals surface area contributed by atoms with Gasteiger partial charge in [-0.05, 0) is 18.2 Å². The molecular weight excluding hydrogens is 243 g/mol. The maximum atomic E-state index is 12.1. The Labute approximate surface area is 94.3 Å². The molecule has 0 aromatic carbocycles. The number of rotatable bonds is 5. The van der Waals surface area contributed by atoms with Crippen LogP contribution in [0.5, 0.6) is 0 Å². The van der Waals surface area contributed by atoms with Gasteiger partial charge in [0.2, 0.25) is 0 Å². The van der Waals surface area contributed by atoms with Gasteiger partial charge >= 0.3 is 5.51 Å². The fraction of sp³-hybridized carbons (Fsp3) is 0.500. The molecule has 0 aliphatic rings. The van der Waals surface area contributed by atoms with E-state index in [4.69, 9.17) is 4.74 Å². The van der Waals surface area contributed by atoms with Crippen molar-refractivity contribution in [1.82, 2.24) is 10.2 Å². The molecule has 0 atom stereocenters. The quantitative estimate of drug-likeness (QED) is 0.379. The zero-order chi connectivity index (χ0) is 12.0. The van der Waals surface area contributed by atoms with Gasteiger partial charge in [0.15, 0.2) is 12.2 Å². The molecule has 1 aromatic heterocycles. The molecule has 0 spiro atoms. The molecule has 1 aromatic rings. The van der Waals surface area contributed by atoms with E-state index in [-0.39, 0.29) is 22.5 Å². The second kappa shape index (κ2) is 5.78. The number of hydrogen-bond acceptors (Lipinski definition) is 4. The van der Waals surface area contributed by atoms with Gasteiger partial charge in [0.25, 0.3) is 0 Å². The van der Waals surface area contributed by atoms with Gasteiger partial charge in [-0.3, -0.25) is 5.10 Å². The first-order valence-electron chi connectivity index (χ1n) is 4.46. The van der Waals surface area contributed by atoms with E-state index in [9.17, 15) is 13.2 Å². The fourth-order valence-electron chi connectivity index (χ4n) is 0.821. The molecule has 0 aliphatic heterocycles. The fourth-order valence-corrected chi connectivity index (χ4v) is 1.37. The zero-order valence-corrected chi connectivity index (χ0v) is 9.23. The molecular formula is C8H10F3N3OS. The molecule has 4 nitrogen and oxygen atoms in total. The van der Waals surface area contributed by atoms with Crippen molar-refractivity contribution in [1.29, 1.82) is 0 Å². The number of alkyl halides is 3. The third-order valence-corrected chi connectivity index (χ3v) is 2.14. The highest BCUT2D eigenvalue weighted by molar-refractivity contribution is 8.00. The monoisotopic (exact) mass is 253 g/mol. The number of halogens is 3. The van der Waals surface area contributed by atoms with Crippen LogP contribution in [0.4, 0.5) is 19.0 Å². The molecule has 0 aliphatic carbocycles. The molecule has 1 N–H and O–H groups in total. The van der Waals surface area contributed by atoms with Gasteiger partial charge in [0.1, 0.15) is 0 Å². The van der Waals surface area contributed by atoms with Crippen molar-refractivity contribution < 1.29 is 17.9 Å². The third kappa shape index (κ3) is 4.56. The maximum absolute atomic E-state index is 12.1. The summed E-state index contributed by atoms with van der Waals surface area (Å²) in [7, 11) is 0. The van der Waals surface area contributed by atoms with Crippen LogP contribution in [-0.4, -0.2) is 28.7 Å². The Morgan fingerprint density at radius 1 is 1.62 bits per heavy atom. The SMILES string of the molecule is CCCOC=Nc1[nH]ncc1SC(F)(F)F. The Balaban J connectivity index is 2.60. The minimum absolute atomic E-state index is 0.0402. The summed E-state index contributed by atoms with van der Waals surface area (Å²) in [5.41, 5.74) is -4.35. The number of ether oxygens (including phenoxy) is 1. The molecule has 16 heavy (non-hydrogen) atoms. The Hall–Kier alpha value is -1.18. The molecule has 0 bridgehead atoms. The predicted molar refractivity (Wildman–Crippen MR) is 54.9 cm³/mol. The van der Waals surface area contributed by atoms with Gasteiger partial charge in [-0.2, -0.15) is 18.3 Å². The Morgan fingerprint density at radius 2 is 2.38 bits per heavy atom. The highest BCUT2D eigenvalue weighted by atomic mass is 32.2. The molecule has 0 fully saturated rings. The van der Waals surface area contributed by atoms with Crippen LogP contribution in [0.2, 0.25) is 0 Å². The van der Waals surface area contributed by atoms with E-state index in [0.717, 1.165) is 19.0 Å². The van der Waals surface area contributed by atoms with E-state index in [1.165, 1.54) is 0 Å². The van der Waals surface area contributed by atoms with Crippen molar-refractivity contribution in [3.05, 3.63) is 6.20 Å². The molecule has 0 unspecified atom stereocenters. The smallest absolute Gasteiger partial charge is 0.446 e. The molecule has 0 saturated carbocycles. The number of aromatic nitrogens is 2. The van der Waals surface area contributed by atoms with Gasteiger partial charge in [0, 0.05) is 0 Å². The number of nitrogens with one attached hydrogen (secondary N) is 1. The first-order valence-corrected chi connectivity index (χ1v) is 5.28. The Morgan fingerprint density at radius 3 is 3.00 bits per heavy atom. The molecule has 90 valence electrons. The van der Waals surface area contributed by atoms with Gasteiger partial charge < -0.3 is 4.74 Å². The number of aliphatic imine (C=N–C) groups is 1. The highest BCUT2D eigenvalue weighted by Gasteiger charge is 2.31. The maximum Gasteiger partial charge on any atom is 0.446 e. The minimum atomic E-state index is -4.35. The second-order valence-corrected chi connectivity index (χ2v) is 3.84. The lowest BCUT2D eigenvalue weighted by Crippen LogP contribution is -1.98. The first-order chi connectivity index (χ1) is 7.53. The normalized spacial score (nSPS) is 12.2. The van der Waals surface area contributed by atoms with Gasteiger partial charge in [-0.1, -0.05) is 6.92 Å². The summed E-state index contributed by atoms with van der Waals surface area (Å²) < 4.78 is 41.2. The van der Waals surface area contributed by atoms with Crippen LogP contribution in [0.1, 0.15) is 13.3 Å². The van der Waals surface area contributed by atoms with Crippen molar-refractivity contribution in [2.24, 2.45) is 4.99 Å². The van der Waals surface area contributed by atoms with E-state index >= 15 is 0 Å². The van der Waals surface area contributed by atoms with Crippen molar-refractivity contribution in [2.45, 2.75) is 23.7 Å². The lowest BCUT2D eigenvalue weighted by atomic mass is 10.5. The van der Waals surface area contributed by atoms with Gasteiger partial charge in [-0.25, -0.2) is 4.99 Å². The molecule has 0 radical (unpaired) electrons. The number of nitrogens with zero attached hydrogens (tertiary/aromatic N) is 2. The topological polar surface area (TPSA) is 50.3 Å². The Kier molecular flexibility index (Phi) is 4.66. The number of aromatic amines is 1. The van der Waals surface area contributed by atoms with Gasteiger partial charge in [-0.15, -0.1) is 0 Å². The largest absolute Gasteiger partial charge is 0.483 e. The average molecular weight is 253 g/mol. The van der Waals surface area contributed by atoms with Crippen LogP contribution in [0.25, 0.3) is 0 Å². The zero-order valence-electron chi connectivity index (χ0n) is 8.41. The van der Waals surface area contributed by atoms with E-state index < -0.39 is 5.51 Å². The summed E-state index contributed by atoms with van der Waals surface area (Å²) in [4.78, 5) is 3.62. The molecule has 1 heterocycles. The predicted octanol–water partition coefficient (Wildman–Crippen LogP) is 3.11. The van der Waals surface area contributed by atoms with E-state index in [0.29, 0.717) is 6.61 Å². The third-order valence-electron chi connectivity index (χ3n) is 1.39. The molecule has 0 saturated heterocycles. The summed E-state index contributed by atoms with van der Waals surface area (Å²) in [5, 5.41) is 5.85. The van der Waals surface area contributed by atoms with Crippen LogP contribution in [0.3, 0.4) is 0 Å². The number of hydrogen-bond donors (Lipinski definition) is 1. The average Bonchev–Trinajstić information content (AvgIpc) is 2.58. The van der Waals surface area contributed by atoms with E-state index in [2.05, 4.69) is 15.2 Å². The van der Waals surface area contributed by atoms with Crippen LogP contribution < -0.4 is 0 Å². The minimum Gasteiger partial charge on any atom is -0.483 e. The van der Waals surface area contributed by atoms with Crippen molar-refractivity contribution in [3.8, 4) is 0 Å². The van der Waals surface area contributed by atoms with Crippen LogP contribution in [0, 0.1) is 0 Å². The lowest BCUT2D eigenvalue weighted by molar-refractivity contribution is -0.0328. The summed E-state index contributed by atoms with van der Waals surface area (Å²) in [6.07, 6.45) is 2.99. The molecule has 8 heteroatoms. The van der Waals surface area contributed by atoms with Crippen LogP contribution in [0.15, 0.2) is 16.1 Å². The van der Waals surface area contributed by atoms with E-state index in [1.54, 1.807) is 0 Å². The number of thioether (sulfide) groups is 1. The summed E-state index contributed by atoms with van der Waals surface area (Å²) in [5.74, 6) is 0.0402. The van der Waals surface area contributed by atoms with Crippen LogP contribution >= 0.6 is 11.8 Å². The van der Waals surface area contributed by atoms with E-state index in [1.807, 2.05) is 6.92 Å². The highest BCUT2D eigenvalue weighted by Crippen LogP contribution is 2.40. The van der Waals surface area contributed by atoms with Crippen molar-refractivity contribution in [2.75, 3.05) is 6.61 Å². The molecule has 1 rings (SSSR count). The van der Waals surface area contributed by atoms with Crippen molar-refractivity contribution in [3.63, 3.8) is 0 Å². The van der Waals surface area contributed by atoms with Crippen molar-refractivity contribution >= 4 is 24.0 Å². The molecule has 0 amide bonds. The summed E-state index contributed by atoms with van der Waals surface area (Å²) in [6.45, 7) is 2.38. The standard InChI is InChI=1S/C8H10F3N3OS/c1-2-3-15-5-12-7-6(4-13-14-7)16-8(9,10)11/h4-5H,2-3H2,1H3,(H,13,14). The van der Waals surface area contributed by atoms with Gasteiger partial charge in [0.05, 0.1) is 17.7 Å². The van der Waals surface area contributed by atoms with Crippen LogP contribution in [-0.2, 0) is 4.74 Å². The summed E-state index contributed by atoms with van der Waals surface area (Å²) in [6, 6.07) is 0. The number of H-pyrrole nitrogens is 1.